The Balaban J connectivity index is 1.53. The number of aromatic nitrogens is 2. The van der Waals surface area contributed by atoms with E-state index >= 15 is 0 Å². The van der Waals surface area contributed by atoms with Crippen LogP contribution in [-0.2, 0) is 16.0 Å². The smallest absolute Gasteiger partial charge is 0.332 e. The van der Waals surface area contributed by atoms with Crippen LogP contribution < -0.4 is 10.6 Å². The number of amides is 2. The summed E-state index contributed by atoms with van der Waals surface area (Å²) < 4.78 is 5.29. The van der Waals surface area contributed by atoms with Crippen molar-refractivity contribution >= 4 is 12.0 Å². The normalized spacial score (nSPS) is 21.1. The monoisotopic (exact) mass is 296 g/mol. The number of aryl methyl sites for hydroxylation is 1. The average molecular weight is 296 g/mol. The molecule has 0 aliphatic carbocycles. The van der Waals surface area contributed by atoms with E-state index in [1.54, 1.807) is 12.4 Å². The van der Waals surface area contributed by atoms with Gasteiger partial charge >= 0.3 is 12.0 Å². The predicted octanol–water partition coefficient (Wildman–Crippen LogP) is 0.274. The Morgan fingerprint density at radius 2 is 2.29 bits per heavy atom. The van der Waals surface area contributed by atoms with Crippen LogP contribution in [0.25, 0.3) is 0 Å². The zero-order chi connectivity index (χ0) is 15.1. The van der Waals surface area contributed by atoms with E-state index < -0.39 is 12.1 Å². The van der Waals surface area contributed by atoms with Crippen LogP contribution in [0.2, 0.25) is 0 Å². The average Bonchev–Trinajstić information content (AvgIpc) is 3.12. The molecule has 1 aromatic rings. The molecule has 0 radical (unpaired) electrons. The Bertz CT molecular complexity index is 463. The number of carbonyl (C=O) groups is 2. The standard InChI is InChI=1S/C13H20N4O4/c18-12(19)10-4-3-9(21-10)8-17-13(20)16-5-1-2-11-14-6-7-15-11/h6-7,9-10H,1-5,8H2,(H,14,15)(H,18,19)(H2,16,17,20). The van der Waals surface area contributed by atoms with Crippen molar-refractivity contribution in [1.82, 2.24) is 20.6 Å². The minimum atomic E-state index is -0.945. The molecule has 2 heterocycles. The summed E-state index contributed by atoms with van der Waals surface area (Å²) in [7, 11) is 0. The summed E-state index contributed by atoms with van der Waals surface area (Å²) >= 11 is 0. The number of hydrogen-bond acceptors (Lipinski definition) is 4. The molecular formula is C13H20N4O4. The molecule has 0 aromatic carbocycles. The van der Waals surface area contributed by atoms with Crippen molar-refractivity contribution in [2.24, 2.45) is 0 Å². The summed E-state index contributed by atoms with van der Waals surface area (Å²) in [6, 6.07) is -0.267. The summed E-state index contributed by atoms with van der Waals surface area (Å²) in [6.45, 7) is 0.879. The fraction of sp³-hybridized carbons (Fsp3) is 0.615. The summed E-state index contributed by atoms with van der Waals surface area (Å²) in [4.78, 5) is 29.4. The van der Waals surface area contributed by atoms with Gasteiger partial charge in [0.2, 0.25) is 0 Å². The molecule has 1 aromatic heterocycles. The number of hydrogen-bond donors (Lipinski definition) is 4. The van der Waals surface area contributed by atoms with Crippen molar-refractivity contribution in [2.45, 2.75) is 37.9 Å². The molecule has 1 saturated heterocycles. The number of nitrogens with one attached hydrogen (secondary N) is 3. The number of aliphatic carboxylic acids is 1. The van der Waals surface area contributed by atoms with Gasteiger partial charge in [-0.3, -0.25) is 0 Å². The number of nitrogens with zero attached hydrogens (tertiary/aromatic N) is 1. The molecule has 2 atom stereocenters. The van der Waals surface area contributed by atoms with E-state index in [2.05, 4.69) is 20.6 Å². The molecule has 116 valence electrons. The van der Waals surface area contributed by atoms with Crippen LogP contribution in [0.5, 0.6) is 0 Å². The van der Waals surface area contributed by atoms with Gasteiger partial charge in [0.25, 0.3) is 0 Å². The molecule has 2 rings (SSSR count). The minimum Gasteiger partial charge on any atom is -0.479 e. The van der Waals surface area contributed by atoms with Crippen molar-refractivity contribution in [1.29, 1.82) is 0 Å². The van der Waals surface area contributed by atoms with Crippen molar-refractivity contribution in [3.05, 3.63) is 18.2 Å². The Kier molecular flexibility index (Phi) is 5.56. The first-order valence-electron chi connectivity index (χ1n) is 7.03. The number of aromatic amines is 1. The lowest BCUT2D eigenvalue weighted by atomic mass is 10.2. The maximum atomic E-state index is 11.6. The molecule has 2 unspecified atom stereocenters. The SMILES string of the molecule is O=C(NCCCc1ncc[nH]1)NCC1CCC(C(=O)O)O1. The van der Waals surface area contributed by atoms with E-state index in [9.17, 15) is 9.59 Å². The van der Waals surface area contributed by atoms with Crippen LogP contribution in [-0.4, -0.2) is 52.4 Å². The van der Waals surface area contributed by atoms with Gasteiger partial charge in [0.05, 0.1) is 6.10 Å². The number of H-pyrrole nitrogens is 1. The molecule has 4 N–H and O–H groups in total. The molecule has 21 heavy (non-hydrogen) atoms. The van der Waals surface area contributed by atoms with E-state index in [0.717, 1.165) is 18.7 Å². The number of carboxylic acid groups (broad SMARTS) is 1. The van der Waals surface area contributed by atoms with Crippen LogP contribution in [0, 0.1) is 0 Å². The lowest BCUT2D eigenvalue weighted by Gasteiger charge is -2.12. The second-order valence-corrected chi connectivity index (χ2v) is 4.94. The van der Waals surface area contributed by atoms with Gasteiger partial charge in [0, 0.05) is 31.9 Å². The summed E-state index contributed by atoms with van der Waals surface area (Å²) in [5, 5.41) is 14.2. The molecule has 0 saturated carbocycles. The number of urea groups is 1. The van der Waals surface area contributed by atoms with Crippen LogP contribution in [0.4, 0.5) is 4.79 Å². The molecule has 8 heteroatoms. The fourth-order valence-electron chi connectivity index (χ4n) is 2.20. The van der Waals surface area contributed by atoms with Gasteiger partial charge < -0.3 is 25.5 Å². The quantitative estimate of drug-likeness (QED) is 0.539. The van der Waals surface area contributed by atoms with Crippen LogP contribution in [0.15, 0.2) is 12.4 Å². The second-order valence-electron chi connectivity index (χ2n) is 4.94. The summed E-state index contributed by atoms with van der Waals surface area (Å²) in [6.07, 6.45) is 5.21. The van der Waals surface area contributed by atoms with E-state index in [-0.39, 0.29) is 12.1 Å². The molecular weight excluding hydrogens is 276 g/mol. The van der Waals surface area contributed by atoms with Crippen LogP contribution in [0.1, 0.15) is 25.1 Å². The van der Waals surface area contributed by atoms with Gasteiger partial charge in [-0.1, -0.05) is 0 Å². The van der Waals surface area contributed by atoms with Crippen molar-refractivity contribution in [2.75, 3.05) is 13.1 Å². The van der Waals surface area contributed by atoms with E-state index in [4.69, 9.17) is 9.84 Å². The highest BCUT2D eigenvalue weighted by Crippen LogP contribution is 2.19. The van der Waals surface area contributed by atoms with Gasteiger partial charge in [0.15, 0.2) is 6.10 Å². The first kappa shape index (κ1) is 15.3. The number of carbonyl (C=O) groups excluding carboxylic acids is 1. The predicted molar refractivity (Wildman–Crippen MR) is 73.8 cm³/mol. The number of ether oxygens (including phenoxy) is 1. The Hall–Kier alpha value is -2.09. The van der Waals surface area contributed by atoms with Gasteiger partial charge in [-0.05, 0) is 19.3 Å². The highest BCUT2D eigenvalue weighted by molar-refractivity contribution is 5.74. The first-order chi connectivity index (χ1) is 10.1. The van der Waals surface area contributed by atoms with Crippen LogP contribution in [0.3, 0.4) is 0 Å². The molecule has 1 fully saturated rings. The topological polar surface area (TPSA) is 116 Å². The maximum Gasteiger partial charge on any atom is 0.332 e. The van der Waals surface area contributed by atoms with Crippen molar-refractivity contribution < 1.29 is 19.4 Å². The Morgan fingerprint density at radius 1 is 1.43 bits per heavy atom. The minimum absolute atomic E-state index is 0.222. The van der Waals surface area contributed by atoms with Gasteiger partial charge in [-0.2, -0.15) is 0 Å². The summed E-state index contributed by atoms with van der Waals surface area (Å²) in [5.74, 6) is -0.0452. The van der Waals surface area contributed by atoms with E-state index in [0.29, 0.717) is 25.9 Å². The van der Waals surface area contributed by atoms with Gasteiger partial charge in [0.1, 0.15) is 5.82 Å². The largest absolute Gasteiger partial charge is 0.479 e. The lowest BCUT2D eigenvalue weighted by molar-refractivity contribution is -0.149. The molecule has 0 bridgehead atoms. The fourth-order valence-corrected chi connectivity index (χ4v) is 2.20. The number of rotatable bonds is 7. The van der Waals surface area contributed by atoms with E-state index in [1.807, 2.05) is 0 Å². The molecule has 1 aliphatic heterocycles. The second kappa shape index (κ2) is 7.63. The molecule has 2 amide bonds. The van der Waals surface area contributed by atoms with Crippen molar-refractivity contribution in [3.63, 3.8) is 0 Å². The molecule has 0 spiro atoms. The van der Waals surface area contributed by atoms with Gasteiger partial charge in [-0.15, -0.1) is 0 Å². The highest BCUT2D eigenvalue weighted by atomic mass is 16.5. The molecule has 1 aliphatic rings. The van der Waals surface area contributed by atoms with Gasteiger partial charge in [-0.25, -0.2) is 14.6 Å². The lowest BCUT2D eigenvalue weighted by Crippen LogP contribution is -2.40. The summed E-state index contributed by atoms with van der Waals surface area (Å²) in [5.41, 5.74) is 0. The third-order valence-corrected chi connectivity index (χ3v) is 3.30. The Labute approximate surface area is 122 Å². The third-order valence-electron chi connectivity index (χ3n) is 3.30. The van der Waals surface area contributed by atoms with E-state index in [1.165, 1.54) is 0 Å². The first-order valence-corrected chi connectivity index (χ1v) is 7.03. The number of carboxylic acids is 1. The van der Waals surface area contributed by atoms with Crippen molar-refractivity contribution in [3.8, 4) is 0 Å². The zero-order valence-electron chi connectivity index (χ0n) is 11.7. The third kappa shape index (κ3) is 5.07. The van der Waals surface area contributed by atoms with Crippen LogP contribution >= 0.6 is 0 Å². The number of imidazole rings is 1. The zero-order valence-corrected chi connectivity index (χ0v) is 11.7. The highest BCUT2D eigenvalue weighted by Gasteiger charge is 2.30. The Morgan fingerprint density at radius 3 is 2.95 bits per heavy atom. The maximum absolute atomic E-state index is 11.6. The molecule has 8 nitrogen and oxygen atoms in total.